The molecule has 2 aromatic heterocycles. The SMILES string of the molecule is CCOC(=O)c1c(NC(=O)c2sc3ccccc3c2Cc2ccc(C)cc2)sc(C)c1-c1ccccc1. The molecule has 0 aliphatic heterocycles. The number of benzene rings is 3. The van der Waals surface area contributed by atoms with Gasteiger partial charge in [0.25, 0.3) is 5.91 Å². The van der Waals surface area contributed by atoms with Crippen LogP contribution >= 0.6 is 22.7 Å². The quantitative estimate of drug-likeness (QED) is 0.218. The second kappa shape index (κ2) is 10.7. The zero-order valence-electron chi connectivity index (χ0n) is 21.0. The molecule has 0 atom stereocenters. The van der Waals surface area contributed by atoms with Gasteiger partial charge in [0.2, 0.25) is 0 Å². The van der Waals surface area contributed by atoms with Gasteiger partial charge in [-0.3, -0.25) is 4.79 Å². The standard InChI is InChI=1S/C31H27NO3S2/c1-4-35-31(34)27-26(22-10-6-5-7-11-22)20(3)36-30(27)32-29(33)28-24(18-21-16-14-19(2)15-17-21)23-12-8-9-13-25(23)37-28/h5-17H,4,18H2,1-3H3,(H,32,33). The number of nitrogens with one attached hydrogen (secondary N) is 1. The molecule has 3 aromatic carbocycles. The Labute approximate surface area is 224 Å². The molecular weight excluding hydrogens is 498 g/mol. The monoisotopic (exact) mass is 525 g/mol. The molecule has 0 unspecified atom stereocenters. The zero-order chi connectivity index (χ0) is 25.9. The second-order valence-electron chi connectivity index (χ2n) is 8.85. The minimum absolute atomic E-state index is 0.213. The average molecular weight is 526 g/mol. The van der Waals surface area contributed by atoms with Crippen LogP contribution in [0.15, 0.2) is 78.9 Å². The molecule has 37 heavy (non-hydrogen) atoms. The summed E-state index contributed by atoms with van der Waals surface area (Å²) in [6, 6.07) is 26.3. The second-order valence-corrected chi connectivity index (χ2v) is 11.1. The van der Waals surface area contributed by atoms with E-state index in [-0.39, 0.29) is 12.5 Å². The predicted molar refractivity (Wildman–Crippen MR) is 154 cm³/mol. The molecule has 5 rings (SSSR count). The lowest BCUT2D eigenvalue weighted by atomic mass is 10.0. The molecule has 0 bridgehead atoms. The first-order valence-corrected chi connectivity index (χ1v) is 13.8. The minimum atomic E-state index is -0.433. The van der Waals surface area contributed by atoms with Crippen LogP contribution in [0.1, 0.15) is 48.5 Å². The molecule has 0 radical (unpaired) electrons. The van der Waals surface area contributed by atoms with Crippen molar-refractivity contribution in [1.82, 2.24) is 0 Å². The van der Waals surface area contributed by atoms with E-state index in [1.807, 2.05) is 55.5 Å². The van der Waals surface area contributed by atoms with Gasteiger partial charge in [-0.1, -0.05) is 78.4 Å². The van der Waals surface area contributed by atoms with Crippen molar-refractivity contribution in [2.45, 2.75) is 27.2 Å². The summed E-state index contributed by atoms with van der Waals surface area (Å²) in [5, 5.41) is 4.67. The number of carbonyl (C=O) groups is 2. The molecule has 0 aliphatic carbocycles. The molecule has 1 amide bonds. The lowest BCUT2D eigenvalue weighted by Crippen LogP contribution is -2.15. The van der Waals surface area contributed by atoms with E-state index in [2.05, 4.69) is 42.6 Å². The molecule has 6 heteroatoms. The van der Waals surface area contributed by atoms with E-state index >= 15 is 0 Å². The average Bonchev–Trinajstić information content (AvgIpc) is 3.43. The fourth-order valence-corrected chi connectivity index (χ4v) is 6.69. The summed E-state index contributed by atoms with van der Waals surface area (Å²) in [5.41, 5.74) is 5.47. The molecule has 5 aromatic rings. The summed E-state index contributed by atoms with van der Waals surface area (Å²) in [6.45, 7) is 6.07. The maximum atomic E-state index is 13.8. The summed E-state index contributed by atoms with van der Waals surface area (Å²) >= 11 is 2.89. The van der Waals surface area contributed by atoms with Gasteiger partial charge in [-0.2, -0.15) is 0 Å². The van der Waals surface area contributed by atoms with Crippen molar-refractivity contribution in [2.24, 2.45) is 0 Å². The van der Waals surface area contributed by atoms with Gasteiger partial charge in [-0.25, -0.2) is 4.79 Å². The number of anilines is 1. The lowest BCUT2D eigenvalue weighted by molar-refractivity contribution is 0.0529. The van der Waals surface area contributed by atoms with Crippen LogP contribution in [0.2, 0.25) is 0 Å². The first kappa shape index (κ1) is 24.9. The third-order valence-corrected chi connectivity index (χ3v) is 8.49. The van der Waals surface area contributed by atoms with E-state index in [1.165, 1.54) is 28.2 Å². The Kier molecular flexibility index (Phi) is 7.22. The van der Waals surface area contributed by atoms with E-state index in [0.717, 1.165) is 37.2 Å². The van der Waals surface area contributed by atoms with Crippen LogP contribution in [0.4, 0.5) is 5.00 Å². The first-order chi connectivity index (χ1) is 18.0. The van der Waals surface area contributed by atoms with Crippen molar-refractivity contribution < 1.29 is 14.3 Å². The number of rotatable bonds is 7. The van der Waals surface area contributed by atoms with Gasteiger partial charge in [0, 0.05) is 15.1 Å². The maximum absolute atomic E-state index is 13.8. The van der Waals surface area contributed by atoms with Crippen LogP contribution in [0.3, 0.4) is 0 Å². The van der Waals surface area contributed by atoms with Gasteiger partial charge in [0.1, 0.15) is 10.6 Å². The van der Waals surface area contributed by atoms with Crippen LogP contribution in [-0.2, 0) is 11.2 Å². The van der Waals surface area contributed by atoms with Crippen molar-refractivity contribution in [2.75, 3.05) is 11.9 Å². The first-order valence-electron chi connectivity index (χ1n) is 12.2. The topological polar surface area (TPSA) is 55.4 Å². The number of fused-ring (bicyclic) bond motifs is 1. The van der Waals surface area contributed by atoms with Gasteiger partial charge >= 0.3 is 5.97 Å². The summed E-state index contributed by atoms with van der Waals surface area (Å²) < 4.78 is 6.47. The summed E-state index contributed by atoms with van der Waals surface area (Å²) in [7, 11) is 0. The lowest BCUT2D eigenvalue weighted by Gasteiger charge is -2.10. The van der Waals surface area contributed by atoms with Crippen LogP contribution in [0.5, 0.6) is 0 Å². The Balaban J connectivity index is 1.56. The number of amides is 1. The fourth-order valence-electron chi connectivity index (χ4n) is 4.51. The molecule has 1 N–H and O–H groups in total. The number of hydrogen-bond donors (Lipinski definition) is 1. The summed E-state index contributed by atoms with van der Waals surface area (Å²) in [5.74, 6) is -0.646. The van der Waals surface area contributed by atoms with Crippen molar-refractivity contribution in [3.8, 4) is 11.1 Å². The highest BCUT2D eigenvalue weighted by molar-refractivity contribution is 7.21. The number of ether oxygens (including phenoxy) is 1. The molecule has 0 spiro atoms. The Morgan fingerprint density at radius 2 is 1.57 bits per heavy atom. The predicted octanol–water partition coefficient (Wildman–Crippen LogP) is 8.27. The number of esters is 1. The Hall–Kier alpha value is -3.74. The molecule has 186 valence electrons. The third-order valence-electron chi connectivity index (χ3n) is 6.26. The number of thiophene rings is 2. The normalized spacial score (nSPS) is 11.0. The van der Waals surface area contributed by atoms with Crippen molar-refractivity contribution in [3.05, 3.63) is 111 Å². The van der Waals surface area contributed by atoms with Gasteiger partial charge in [0.05, 0.1) is 11.5 Å². The molecule has 0 saturated heterocycles. The van der Waals surface area contributed by atoms with Gasteiger partial charge in [0.15, 0.2) is 0 Å². The summed E-state index contributed by atoms with van der Waals surface area (Å²) in [4.78, 5) is 28.5. The molecule has 4 nitrogen and oxygen atoms in total. The molecule has 0 aliphatic rings. The number of carbonyl (C=O) groups excluding carboxylic acids is 2. The van der Waals surface area contributed by atoms with Crippen LogP contribution in [0, 0.1) is 13.8 Å². The van der Waals surface area contributed by atoms with Gasteiger partial charge < -0.3 is 10.1 Å². The van der Waals surface area contributed by atoms with Gasteiger partial charge in [-0.05, 0) is 55.3 Å². The van der Waals surface area contributed by atoms with E-state index in [4.69, 9.17) is 4.74 Å². The van der Waals surface area contributed by atoms with Crippen LogP contribution < -0.4 is 5.32 Å². The Bertz CT molecular complexity index is 1580. The molecule has 0 saturated carbocycles. The van der Waals surface area contributed by atoms with Crippen molar-refractivity contribution >= 4 is 49.6 Å². The largest absolute Gasteiger partial charge is 0.462 e. The molecule has 0 fully saturated rings. The van der Waals surface area contributed by atoms with Crippen molar-refractivity contribution in [3.63, 3.8) is 0 Å². The van der Waals surface area contributed by atoms with Crippen molar-refractivity contribution in [1.29, 1.82) is 0 Å². The summed E-state index contributed by atoms with van der Waals surface area (Å²) in [6.07, 6.45) is 0.649. The Morgan fingerprint density at radius 1 is 0.865 bits per heavy atom. The molecular formula is C31H27NO3S2. The third kappa shape index (κ3) is 5.08. The van der Waals surface area contributed by atoms with E-state index < -0.39 is 5.97 Å². The number of hydrogen-bond acceptors (Lipinski definition) is 5. The number of aryl methyl sites for hydroxylation is 2. The minimum Gasteiger partial charge on any atom is -0.462 e. The van der Waals surface area contributed by atoms with Crippen LogP contribution in [-0.4, -0.2) is 18.5 Å². The van der Waals surface area contributed by atoms with E-state index in [1.54, 1.807) is 6.92 Å². The highest BCUT2D eigenvalue weighted by Crippen LogP contribution is 2.41. The molecule has 2 heterocycles. The van der Waals surface area contributed by atoms with E-state index in [9.17, 15) is 9.59 Å². The highest BCUT2D eigenvalue weighted by atomic mass is 32.1. The fraction of sp³-hybridized carbons (Fsp3) is 0.161. The smallest absolute Gasteiger partial charge is 0.341 e. The highest BCUT2D eigenvalue weighted by Gasteiger charge is 2.27. The van der Waals surface area contributed by atoms with Gasteiger partial charge in [-0.15, -0.1) is 22.7 Å². The Morgan fingerprint density at radius 3 is 2.30 bits per heavy atom. The zero-order valence-corrected chi connectivity index (χ0v) is 22.6. The van der Waals surface area contributed by atoms with E-state index in [0.29, 0.717) is 21.9 Å². The maximum Gasteiger partial charge on any atom is 0.341 e. The van der Waals surface area contributed by atoms with Crippen LogP contribution in [0.25, 0.3) is 21.2 Å².